The van der Waals surface area contributed by atoms with E-state index >= 15 is 0 Å². The highest BCUT2D eigenvalue weighted by molar-refractivity contribution is 6.46. The van der Waals surface area contributed by atoms with Crippen LogP contribution in [0.15, 0.2) is 0 Å². The van der Waals surface area contributed by atoms with Crippen LogP contribution in [0.1, 0.15) is 0 Å². The molecule has 0 aliphatic carbocycles. The van der Waals surface area contributed by atoms with E-state index in [9.17, 15) is 0 Å². The second kappa shape index (κ2) is 22.5. The smallest absolute Gasteiger partial charge is 0.412 e. The van der Waals surface area contributed by atoms with Crippen molar-refractivity contribution in [2.45, 2.75) is 0 Å². The molecule has 0 fully saturated rings. The zero-order valence-corrected chi connectivity index (χ0v) is 5.79. The molecule has 0 radical (unpaired) electrons. The van der Waals surface area contributed by atoms with Gasteiger partial charge in [-0.2, -0.15) is 0 Å². The minimum Gasteiger partial charge on any atom is -0.412 e. The molecule has 0 heterocycles. The van der Waals surface area contributed by atoms with Gasteiger partial charge in [0.1, 0.15) is 0 Å². The summed E-state index contributed by atoms with van der Waals surface area (Å²) in [4.78, 5) is 29.3. The quantitative estimate of drug-likeness (QED) is 0.278. The zero-order chi connectivity index (χ0) is 4.50. The van der Waals surface area contributed by atoms with Gasteiger partial charge >= 0.3 is 9.05 Å². The molecule has 0 rings (SSSR count). The Morgan fingerprint density at radius 1 is 0.545 bits per heavy atom. The van der Waals surface area contributed by atoms with Gasteiger partial charge < -0.3 is 46.6 Å². The lowest BCUT2D eigenvalue weighted by Crippen LogP contribution is -2.33. The minimum atomic E-state index is -4.61. The molecule has 0 saturated carbocycles. The van der Waals surface area contributed by atoms with E-state index < -0.39 is 9.05 Å². The van der Waals surface area contributed by atoms with E-state index in [-0.39, 0.29) is 35.8 Å². The fourth-order valence-electron chi connectivity index (χ4n) is 0. The van der Waals surface area contributed by atoms with Crippen LogP contribution in [0.4, 0.5) is 0 Å². The van der Waals surface area contributed by atoms with Crippen LogP contribution in [0, 0.1) is 0 Å². The predicted octanol–water partition coefficient (Wildman–Crippen LogP) is -7.92. The van der Waals surface area contributed by atoms with E-state index in [2.05, 4.69) is 0 Å². The van der Waals surface area contributed by atoms with Crippen molar-refractivity contribution in [1.82, 2.24) is 0 Å². The summed E-state index contributed by atoms with van der Waals surface area (Å²) in [6, 6.07) is 0. The maximum Gasteiger partial charge on any atom is 0.668 e. The lowest BCUT2D eigenvalue weighted by atomic mass is 10.8. The Kier molecular flexibility index (Phi) is 143. The number of hydrogen-bond donors (Lipinski definition) is 4. The second-order valence-electron chi connectivity index (χ2n) is 0.600. The molecule has 0 aromatic heterocycles. The Bertz CT molecular complexity index is 25.0. The van der Waals surface area contributed by atoms with E-state index in [1.165, 1.54) is 0 Å². The van der Waals surface area contributed by atoms with Crippen LogP contribution in [0.5, 0.6) is 0 Å². The molecule has 0 aromatic carbocycles. The molecule has 0 unspecified atom stereocenters. The van der Waals surface area contributed by atoms with Gasteiger partial charge in [0.2, 0.25) is 0 Å². The van der Waals surface area contributed by atoms with E-state index in [0.717, 1.165) is 0 Å². The molecule has 0 spiro atoms. The molecule has 11 heavy (non-hydrogen) atoms. The third kappa shape index (κ3) is 102000. The second-order valence-corrected chi connectivity index (χ2v) is 1.80. The number of hydrogen-bond acceptors (Lipinski definition) is 4. The Balaban J connectivity index is -0.00000000533. The first kappa shape index (κ1) is 69.9. The van der Waals surface area contributed by atoms with Gasteiger partial charge in [-0.1, -0.05) is 0 Å². The topological polar surface area (TPSA) is 238 Å². The van der Waals surface area contributed by atoms with Gasteiger partial charge in [-0.05, 0) is 0 Å². The average Bonchev–Trinajstić information content (AvgIpc) is 0.722. The largest absolute Gasteiger partial charge is 0.668 e. The van der Waals surface area contributed by atoms with Crippen LogP contribution in [0.2, 0.25) is 0 Å². The van der Waals surface area contributed by atoms with Crippen LogP contribution < -0.4 is 0 Å². The van der Waals surface area contributed by atoms with Gasteiger partial charge in [0.05, 0.1) is 8.41 Å². The highest BCUT2D eigenvalue weighted by Gasteiger charge is 2.22. The van der Waals surface area contributed by atoms with Crippen LogP contribution in [-0.2, 0) is 0 Å². The highest BCUT2D eigenvalue weighted by Crippen LogP contribution is 1.67. The SMILES string of the molecule is B.O.O.O.O.O.O[Si](O)(O)O. The molecule has 0 bridgehead atoms. The molecule has 11 heteroatoms. The van der Waals surface area contributed by atoms with Gasteiger partial charge in [-0.15, -0.1) is 0 Å². The van der Waals surface area contributed by atoms with Crippen LogP contribution in [0.3, 0.4) is 0 Å². The first-order valence-corrected chi connectivity index (χ1v) is 2.68. The molecule has 0 amide bonds. The van der Waals surface area contributed by atoms with Crippen molar-refractivity contribution in [2.75, 3.05) is 0 Å². The monoisotopic (exact) mass is 200 g/mol. The fraction of sp³-hybridized carbons (Fsp3) is 0. The zero-order valence-electron chi connectivity index (χ0n) is 4.79. The average molecular weight is 200 g/mol. The van der Waals surface area contributed by atoms with Crippen LogP contribution in [0.25, 0.3) is 0 Å². The Hall–Kier alpha value is -0.0782. The summed E-state index contributed by atoms with van der Waals surface area (Å²) < 4.78 is 0. The van der Waals surface area contributed by atoms with Crippen molar-refractivity contribution < 1.29 is 46.6 Å². The lowest BCUT2D eigenvalue weighted by molar-refractivity contribution is 0.117. The predicted molar refractivity (Wildman–Crippen MR) is 42.6 cm³/mol. The molecule has 14 N–H and O–H groups in total. The first-order chi connectivity index (χ1) is 2.00. The van der Waals surface area contributed by atoms with Crippen molar-refractivity contribution in [3.05, 3.63) is 0 Å². The number of rotatable bonds is 0. The lowest BCUT2D eigenvalue weighted by Gasteiger charge is -1.91. The van der Waals surface area contributed by atoms with E-state index in [1.54, 1.807) is 0 Å². The summed E-state index contributed by atoms with van der Waals surface area (Å²) in [7, 11) is -4.61. The summed E-state index contributed by atoms with van der Waals surface area (Å²) in [5.74, 6) is 0. The van der Waals surface area contributed by atoms with Crippen molar-refractivity contribution in [1.29, 1.82) is 0 Å². The summed E-state index contributed by atoms with van der Waals surface area (Å²) in [5, 5.41) is 0. The van der Waals surface area contributed by atoms with E-state index in [1.807, 2.05) is 0 Å². The summed E-state index contributed by atoms with van der Waals surface area (Å²) in [6.07, 6.45) is 0. The molecule has 78 valence electrons. The van der Waals surface area contributed by atoms with Crippen LogP contribution in [-0.4, -0.2) is 64.0 Å². The molecule has 0 aliphatic rings. The minimum absolute atomic E-state index is 0. The van der Waals surface area contributed by atoms with Crippen molar-refractivity contribution in [2.24, 2.45) is 0 Å². The standard InChI is InChI=1S/BH3.H4O4Si.5H2O/c;1-5(2,3)4;;;;;/h1H3;1-4H;5*1H2. The molecular weight excluding hydrogens is 183 g/mol. The maximum atomic E-state index is 7.33. The normalized spacial score (nSPS) is 5.45. The van der Waals surface area contributed by atoms with Gasteiger partial charge in [0.25, 0.3) is 0 Å². The van der Waals surface area contributed by atoms with Crippen molar-refractivity contribution in [3.8, 4) is 0 Å². The summed E-state index contributed by atoms with van der Waals surface area (Å²) >= 11 is 0. The molecule has 0 atom stereocenters. The Labute approximate surface area is 65.2 Å². The Morgan fingerprint density at radius 2 is 0.545 bits per heavy atom. The van der Waals surface area contributed by atoms with Gasteiger partial charge in [-0.25, -0.2) is 0 Å². The maximum absolute atomic E-state index is 7.33. The third-order valence-electron chi connectivity index (χ3n) is 0. The van der Waals surface area contributed by atoms with Crippen molar-refractivity contribution >= 4 is 17.5 Å². The van der Waals surface area contributed by atoms with E-state index in [4.69, 9.17) is 19.2 Å². The van der Waals surface area contributed by atoms with Crippen LogP contribution >= 0.6 is 0 Å². The van der Waals surface area contributed by atoms with Gasteiger partial charge in [0, 0.05) is 0 Å². The van der Waals surface area contributed by atoms with Gasteiger partial charge in [-0.3, -0.25) is 0 Å². The first-order valence-electron chi connectivity index (χ1n) is 0.894. The molecule has 9 nitrogen and oxygen atoms in total. The third-order valence-corrected chi connectivity index (χ3v) is 0. The van der Waals surface area contributed by atoms with E-state index in [0.29, 0.717) is 0 Å². The van der Waals surface area contributed by atoms with Crippen molar-refractivity contribution in [3.63, 3.8) is 0 Å². The molecule has 0 saturated heterocycles. The molecular formula is H17BO9Si. The molecule has 0 aliphatic heterocycles. The summed E-state index contributed by atoms with van der Waals surface area (Å²) in [5.41, 5.74) is 0. The highest BCUT2D eigenvalue weighted by atomic mass is 28.4. The Morgan fingerprint density at radius 3 is 0.545 bits per heavy atom. The molecule has 0 aromatic rings. The summed E-state index contributed by atoms with van der Waals surface area (Å²) in [6.45, 7) is 0. The fourth-order valence-corrected chi connectivity index (χ4v) is 0. The van der Waals surface area contributed by atoms with Gasteiger partial charge in [0.15, 0.2) is 0 Å².